The van der Waals surface area contributed by atoms with Crippen LogP contribution in [0.4, 0.5) is 4.39 Å². The molecule has 2 nitrogen and oxygen atoms in total. The molecule has 1 aromatic carbocycles. The number of aromatic nitrogens is 1. The highest BCUT2D eigenvalue weighted by Gasteiger charge is 2.40. The Labute approximate surface area is 101 Å². The molecule has 0 amide bonds. The Balaban J connectivity index is 2.04. The normalized spacial score (nSPS) is 23.6. The number of benzene rings is 1. The Hall–Kier alpha value is -1.35. The minimum Gasteiger partial charge on any atom is -0.343 e. The van der Waals surface area contributed by atoms with Crippen molar-refractivity contribution in [2.24, 2.45) is 0 Å². The predicted molar refractivity (Wildman–Crippen MR) is 67.8 cm³/mol. The van der Waals surface area contributed by atoms with Crippen LogP contribution in [0.25, 0.3) is 10.9 Å². The van der Waals surface area contributed by atoms with Gasteiger partial charge in [0.15, 0.2) is 0 Å². The third kappa shape index (κ3) is 1.65. The predicted octanol–water partition coefficient (Wildman–Crippen LogP) is 2.96. The van der Waals surface area contributed by atoms with E-state index >= 15 is 0 Å². The van der Waals surface area contributed by atoms with Gasteiger partial charge < -0.3 is 9.47 Å². The molecule has 3 heteroatoms. The minimum atomic E-state index is -0.112. The van der Waals surface area contributed by atoms with Crippen LogP contribution in [0, 0.1) is 12.7 Å². The van der Waals surface area contributed by atoms with Crippen molar-refractivity contribution in [3.8, 4) is 0 Å². The van der Waals surface area contributed by atoms with Gasteiger partial charge in [-0.1, -0.05) is 0 Å². The number of likely N-dealkylation sites (N-methyl/N-ethyl adjacent to an activating group) is 1. The summed E-state index contributed by atoms with van der Waals surface area (Å²) in [5, 5.41) is 1.13. The van der Waals surface area contributed by atoms with Crippen molar-refractivity contribution in [1.29, 1.82) is 0 Å². The van der Waals surface area contributed by atoms with E-state index in [2.05, 4.69) is 35.8 Å². The maximum absolute atomic E-state index is 13.6. The van der Waals surface area contributed by atoms with Gasteiger partial charge in [0, 0.05) is 17.6 Å². The lowest BCUT2D eigenvalue weighted by molar-refractivity contribution is 0.377. The molecule has 17 heavy (non-hydrogen) atoms. The van der Waals surface area contributed by atoms with Crippen molar-refractivity contribution in [2.75, 3.05) is 14.1 Å². The molecule has 0 bridgehead atoms. The largest absolute Gasteiger partial charge is 0.343 e. The van der Waals surface area contributed by atoms with Crippen molar-refractivity contribution < 1.29 is 4.39 Å². The van der Waals surface area contributed by atoms with Crippen molar-refractivity contribution in [3.63, 3.8) is 0 Å². The van der Waals surface area contributed by atoms with Gasteiger partial charge in [0.2, 0.25) is 0 Å². The quantitative estimate of drug-likeness (QED) is 0.773. The summed E-state index contributed by atoms with van der Waals surface area (Å²) in [5.74, 6) is -0.112. The molecule has 0 N–H and O–H groups in total. The summed E-state index contributed by atoms with van der Waals surface area (Å²) in [5.41, 5.74) is 1.73. The minimum absolute atomic E-state index is 0.112. The fraction of sp³-hybridized carbons (Fsp3) is 0.429. The Morgan fingerprint density at radius 1 is 1.35 bits per heavy atom. The van der Waals surface area contributed by atoms with E-state index in [9.17, 15) is 4.39 Å². The number of hydrogen-bond donors (Lipinski definition) is 0. The Morgan fingerprint density at radius 3 is 2.76 bits per heavy atom. The van der Waals surface area contributed by atoms with Gasteiger partial charge in [-0.15, -0.1) is 0 Å². The summed E-state index contributed by atoms with van der Waals surface area (Å²) in [6.45, 7) is 1.81. The zero-order valence-corrected chi connectivity index (χ0v) is 10.4. The van der Waals surface area contributed by atoms with E-state index in [1.54, 1.807) is 6.07 Å². The van der Waals surface area contributed by atoms with Crippen LogP contribution in [0.3, 0.4) is 0 Å². The average Bonchev–Trinajstić information content (AvgIpc) is 2.97. The van der Waals surface area contributed by atoms with Gasteiger partial charge in [0.1, 0.15) is 5.82 Å². The number of hydrogen-bond acceptors (Lipinski definition) is 1. The summed E-state index contributed by atoms with van der Waals surface area (Å²) < 4.78 is 15.8. The van der Waals surface area contributed by atoms with Crippen molar-refractivity contribution in [2.45, 2.75) is 25.4 Å². The lowest BCUT2D eigenvalue weighted by Crippen LogP contribution is -2.17. The summed E-state index contributed by atoms with van der Waals surface area (Å²) in [7, 11) is 4.20. The molecule has 1 aliphatic carbocycles. The number of rotatable bonds is 2. The molecule has 1 aromatic heterocycles. The van der Waals surface area contributed by atoms with Crippen molar-refractivity contribution >= 4 is 10.9 Å². The summed E-state index contributed by atoms with van der Waals surface area (Å²) >= 11 is 0. The zero-order valence-electron chi connectivity index (χ0n) is 10.4. The lowest BCUT2D eigenvalue weighted by atomic mass is 10.2. The van der Waals surface area contributed by atoms with Crippen LogP contribution in [0.5, 0.6) is 0 Å². The first-order valence-electron chi connectivity index (χ1n) is 6.01. The first-order chi connectivity index (χ1) is 8.08. The van der Waals surface area contributed by atoms with E-state index < -0.39 is 0 Å². The van der Waals surface area contributed by atoms with Crippen LogP contribution in [-0.4, -0.2) is 29.6 Å². The Morgan fingerprint density at radius 2 is 2.12 bits per heavy atom. The van der Waals surface area contributed by atoms with Crippen LogP contribution < -0.4 is 0 Å². The van der Waals surface area contributed by atoms with E-state index in [-0.39, 0.29) is 5.82 Å². The van der Waals surface area contributed by atoms with Crippen LogP contribution in [0.15, 0.2) is 24.4 Å². The van der Waals surface area contributed by atoms with Gasteiger partial charge in [-0.05, 0) is 51.2 Å². The molecule has 2 aromatic rings. The third-order valence-electron chi connectivity index (χ3n) is 3.75. The first-order valence-corrected chi connectivity index (χ1v) is 6.01. The van der Waals surface area contributed by atoms with E-state index in [1.807, 2.05) is 13.0 Å². The van der Waals surface area contributed by atoms with Crippen LogP contribution >= 0.6 is 0 Å². The summed E-state index contributed by atoms with van der Waals surface area (Å²) in [6, 6.07) is 6.76. The molecule has 0 spiro atoms. The summed E-state index contributed by atoms with van der Waals surface area (Å²) in [6.07, 6.45) is 3.24. The summed E-state index contributed by atoms with van der Waals surface area (Å²) in [4.78, 5) is 2.24. The van der Waals surface area contributed by atoms with Gasteiger partial charge >= 0.3 is 0 Å². The molecule has 0 radical (unpaired) electrons. The smallest absolute Gasteiger partial charge is 0.128 e. The maximum Gasteiger partial charge on any atom is 0.128 e. The Kier molecular flexibility index (Phi) is 2.26. The number of fused-ring (bicyclic) bond motifs is 1. The molecular formula is C14H17FN2. The fourth-order valence-electron chi connectivity index (χ4n) is 2.60. The monoisotopic (exact) mass is 232 g/mol. The maximum atomic E-state index is 13.6. The second kappa shape index (κ2) is 3.57. The van der Waals surface area contributed by atoms with Gasteiger partial charge in [-0.25, -0.2) is 4.39 Å². The van der Waals surface area contributed by atoms with Gasteiger partial charge in [-0.2, -0.15) is 0 Å². The van der Waals surface area contributed by atoms with Gasteiger partial charge in [-0.3, -0.25) is 0 Å². The van der Waals surface area contributed by atoms with Crippen LogP contribution in [0.2, 0.25) is 0 Å². The molecule has 90 valence electrons. The zero-order chi connectivity index (χ0) is 12.2. The second-order valence-corrected chi connectivity index (χ2v) is 5.22. The molecule has 1 aliphatic rings. The highest BCUT2D eigenvalue weighted by molar-refractivity contribution is 5.81. The molecular weight excluding hydrogens is 215 g/mol. The van der Waals surface area contributed by atoms with Crippen LogP contribution in [-0.2, 0) is 0 Å². The van der Waals surface area contributed by atoms with Crippen molar-refractivity contribution in [1.82, 2.24) is 9.47 Å². The SMILES string of the molecule is Cc1cc2ccn([C@H]3CC3N(C)C)c2cc1F. The first kappa shape index (κ1) is 10.8. The molecule has 1 fully saturated rings. The highest BCUT2D eigenvalue weighted by Crippen LogP contribution is 2.41. The second-order valence-electron chi connectivity index (χ2n) is 5.22. The number of halogens is 1. The fourth-order valence-corrected chi connectivity index (χ4v) is 2.60. The van der Waals surface area contributed by atoms with Gasteiger partial charge in [0.25, 0.3) is 0 Å². The Bertz CT molecular complexity index is 571. The average molecular weight is 232 g/mol. The third-order valence-corrected chi connectivity index (χ3v) is 3.75. The highest BCUT2D eigenvalue weighted by atomic mass is 19.1. The van der Waals surface area contributed by atoms with E-state index in [0.717, 1.165) is 22.9 Å². The van der Waals surface area contributed by atoms with E-state index in [4.69, 9.17) is 0 Å². The lowest BCUT2D eigenvalue weighted by Gasteiger charge is -2.10. The molecule has 1 unspecified atom stereocenters. The number of nitrogens with zero attached hydrogens (tertiary/aromatic N) is 2. The molecule has 1 saturated carbocycles. The van der Waals surface area contributed by atoms with Crippen LogP contribution in [0.1, 0.15) is 18.0 Å². The molecule has 2 atom stereocenters. The standard InChI is InChI=1S/C14H17FN2/c1-9-6-10-4-5-17(12(10)7-11(9)15)14-8-13(14)16(2)3/h4-7,13-14H,8H2,1-3H3/t13?,14-/m0/s1. The van der Waals surface area contributed by atoms with Crippen molar-refractivity contribution in [3.05, 3.63) is 35.8 Å². The van der Waals surface area contributed by atoms with E-state index in [0.29, 0.717) is 12.1 Å². The molecule has 0 saturated heterocycles. The van der Waals surface area contributed by atoms with E-state index in [1.165, 1.54) is 0 Å². The topological polar surface area (TPSA) is 8.17 Å². The van der Waals surface area contributed by atoms with Gasteiger partial charge in [0.05, 0.1) is 11.6 Å². The number of aryl methyl sites for hydroxylation is 1. The molecule has 1 heterocycles. The molecule has 3 rings (SSSR count). The molecule has 0 aliphatic heterocycles.